The first-order chi connectivity index (χ1) is 12.8. The minimum atomic E-state index is -0.646. The van der Waals surface area contributed by atoms with Gasteiger partial charge in [0, 0.05) is 6.04 Å². The number of amides is 2. The molecule has 27 heavy (non-hydrogen) atoms. The summed E-state index contributed by atoms with van der Waals surface area (Å²) in [5, 5.41) is 5.69. The lowest BCUT2D eigenvalue weighted by Crippen LogP contribution is -2.34. The molecule has 0 aliphatic rings. The zero-order chi connectivity index (χ0) is 20.0. The van der Waals surface area contributed by atoms with Crippen LogP contribution in [0.1, 0.15) is 48.7 Å². The number of rotatable bonds is 7. The Kier molecular flexibility index (Phi) is 6.99. The fourth-order valence-corrected chi connectivity index (χ4v) is 2.75. The fourth-order valence-electron chi connectivity index (χ4n) is 2.75. The van der Waals surface area contributed by atoms with E-state index in [1.165, 1.54) is 0 Å². The summed E-state index contributed by atoms with van der Waals surface area (Å²) in [4.78, 5) is 25.1. The van der Waals surface area contributed by atoms with Crippen molar-refractivity contribution < 1.29 is 14.3 Å². The van der Waals surface area contributed by atoms with Crippen molar-refractivity contribution in [3.05, 3.63) is 59.2 Å². The van der Waals surface area contributed by atoms with Gasteiger partial charge in [0.2, 0.25) is 0 Å². The van der Waals surface area contributed by atoms with Crippen molar-refractivity contribution in [2.24, 2.45) is 0 Å². The van der Waals surface area contributed by atoms with E-state index in [1.807, 2.05) is 52.8 Å². The topological polar surface area (TPSA) is 67.4 Å². The lowest BCUT2D eigenvalue weighted by molar-refractivity contribution is -0.122. The molecule has 2 N–H and O–H groups in total. The number of ether oxygens (including phenoxy) is 1. The second kappa shape index (κ2) is 9.21. The molecule has 0 aliphatic heterocycles. The minimum Gasteiger partial charge on any atom is -0.480 e. The van der Waals surface area contributed by atoms with Gasteiger partial charge >= 0.3 is 0 Å². The molecule has 0 fully saturated rings. The van der Waals surface area contributed by atoms with Crippen molar-refractivity contribution in [3.8, 4) is 5.75 Å². The minimum absolute atomic E-state index is 0.0116. The van der Waals surface area contributed by atoms with Crippen LogP contribution in [0, 0.1) is 13.8 Å². The quantitative estimate of drug-likeness (QED) is 0.768. The predicted octanol–water partition coefficient (Wildman–Crippen LogP) is 4.24. The third-order valence-electron chi connectivity index (χ3n) is 4.11. The summed E-state index contributed by atoms with van der Waals surface area (Å²) in [6.45, 7) is 9.65. The van der Waals surface area contributed by atoms with E-state index in [-0.39, 0.29) is 17.9 Å². The van der Waals surface area contributed by atoms with E-state index < -0.39 is 6.10 Å². The van der Waals surface area contributed by atoms with Crippen molar-refractivity contribution in [3.63, 3.8) is 0 Å². The molecule has 0 heterocycles. The van der Waals surface area contributed by atoms with E-state index in [0.29, 0.717) is 23.4 Å². The van der Waals surface area contributed by atoms with Crippen molar-refractivity contribution in [1.82, 2.24) is 5.32 Å². The van der Waals surface area contributed by atoms with Gasteiger partial charge in [0.15, 0.2) is 6.10 Å². The molecule has 2 aromatic carbocycles. The number of benzene rings is 2. The number of hydrogen-bond acceptors (Lipinski definition) is 3. The third-order valence-corrected chi connectivity index (χ3v) is 4.11. The highest BCUT2D eigenvalue weighted by atomic mass is 16.5. The molecule has 2 aromatic rings. The Bertz CT molecular complexity index is 815. The summed E-state index contributed by atoms with van der Waals surface area (Å²) in [6, 6.07) is 12.8. The number of nitrogens with one attached hydrogen (secondary N) is 2. The highest BCUT2D eigenvalue weighted by Crippen LogP contribution is 2.22. The summed E-state index contributed by atoms with van der Waals surface area (Å²) in [5.74, 6) is 0.194. The molecule has 0 saturated carbocycles. The summed E-state index contributed by atoms with van der Waals surface area (Å²) in [6.07, 6.45) is -0.132. The second-order valence-corrected chi connectivity index (χ2v) is 6.95. The van der Waals surface area contributed by atoms with Crippen LogP contribution in [0.3, 0.4) is 0 Å². The van der Waals surface area contributed by atoms with Crippen molar-refractivity contribution >= 4 is 17.5 Å². The monoisotopic (exact) mass is 368 g/mol. The van der Waals surface area contributed by atoms with E-state index in [0.717, 1.165) is 11.1 Å². The van der Waals surface area contributed by atoms with E-state index in [1.54, 1.807) is 24.3 Å². The number of carbonyl (C=O) groups excluding carboxylic acids is 2. The first-order valence-electron chi connectivity index (χ1n) is 9.26. The molecular formula is C22H28N2O3. The van der Waals surface area contributed by atoms with Gasteiger partial charge in [-0.25, -0.2) is 0 Å². The smallest absolute Gasteiger partial charge is 0.265 e. The highest BCUT2D eigenvalue weighted by Gasteiger charge is 2.21. The summed E-state index contributed by atoms with van der Waals surface area (Å²) >= 11 is 0. The summed E-state index contributed by atoms with van der Waals surface area (Å²) in [7, 11) is 0. The molecule has 0 aromatic heterocycles. The van der Waals surface area contributed by atoms with Gasteiger partial charge in [-0.1, -0.05) is 36.8 Å². The van der Waals surface area contributed by atoms with Crippen LogP contribution in [0.4, 0.5) is 5.69 Å². The average Bonchev–Trinajstić information content (AvgIpc) is 2.60. The Morgan fingerprint density at radius 3 is 2.41 bits per heavy atom. The molecule has 144 valence electrons. The Hall–Kier alpha value is -2.82. The van der Waals surface area contributed by atoms with Gasteiger partial charge in [-0.05, 0) is 57.9 Å². The zero-order valence-corrected chi connectivity index (χ0v) is 16.6. The maximum Gasteiger partial charge on any atom is 0.265 e. The molecule has 0 saturated heterocycles. The van der Waals surface area contributed by atoms with Crippen LogP contribution >= 0.6 is 0 Å². The average molecular weight is 368 g/mol. The Morgan fingerprint density at radius 2 is 1.78 bits per heavy atom. The number of anilines is 1. The van der Waals surface area contributed by atoms with Crippen molar-refractivity contribution in [2.75, 3.05) is 5.32 Å². The predicted molar refractivity (Wildman–Crippen MR) is 108 cm³/mol. The van der Waals surface area contributed by atoms with Gasteiger partial charge in [0.05, 0.1) is 11.3 Å². The Labute approximate surface area is 161 Å². The molecule has 5 heteroatoms. The molecule has 0 bridgehead atoms. The standard InChI is InChI=1S/C22H28N2O3/c1-6-19(27-20-12-11-15(4)13-16(20)5)22(26)24-18-10-8-7-9-17(18)21(25)23-14(2)3/h7-14,19H,6H2,1-5H3,(H,23,25)(H,24,26). The number of carbonyl (C=O) groups is 2. The van der Waals surface area contributed by atoms with Gasteiger partial charge in [-0.3, -0.25) is 9.59 Å². The summed E-state index contributed by atoms with van der Waals surface area (Å²) in [5.41, 5.74) is 3.03. The molecule has 0 radical (unpaired) electrons. The van der Waals surface area contributed by atoms with Gasteiger partial charge in [-0.2, -0.15) is 0 Å². The maximum atomic E-state index is 12.8. The van der Waals surface area contributed by atoms with Crippen molar-refractivity contribution in [1.29, 1.82) is 0 Å². The molecular weight excluding hydrogens is 340 g/mol. The molecule has 2 rings (SSSR count). The molecule has 0 spiro atoms. The van der Waals surface area contributed by atoms with Crippen LogP contribution in [0.25, 0.3) is 0 Å². The van der Waals surface area contributed by atoms with Crippen LogP contribution in [0.15, 0.2) is 42.5 Å². The van der Waals surface area contributed by atoms with Crippen LogP contribution in [0.2, 0.25) is 0 Å². The first-order valence-corrected chi connectivity index (χ1v) is 9.26. The van der Waals surface area contributed by atoms with E-state index in [9.17, 15) is 9.59 Å². The fraction of sp³-hybridized carbons (Fsp3) is 0.364. The molecule has 1 atom stereocenters. The van der Waals surface area contributed by atoms with Gasteiger partial charge in [-0.15, -0.1) is 0 Å². The summed E-state index contributed by atoms with van der Waals surface area (Å²) < 4.78 is 5.94. The molecule has 2 amide bonds. The SMILES string of the molecule is CCC(Oc1ccc(C)cc1C)C(=O)Nc1ccccc1C(=O)NC(C)C. The van der Waals surface area contributed by atoms with E-state index >= 15 is 0 Å². The lowest BCUT2D eigenvalue weighted by Gasteiger charge is -2.20. The van der Waals surface area contributed by atoms with Crippen LogP contribution < -0.4 is 15.4 Å². The number of aryl methyl sites for hydroxylation is 2. The zero-order valence-electron chi connectivity index (χ0n) is 16.6. The molecule has 0 aliphatic carbocycles. The largest absolute Gasteiger partial charge is 0.480 e. The molecule has 5 nitrogen and oxygen atoms in total. The van der Waals surface area contributed by atoms with Crippen molar-refractivity contribution in [2.45, 2.75) is 53.2 Å². The third kappa shape index (κ3) is 5.58. The van der Waals surface area contributed by atoms with E-state index in [2.05, 4.69) is 10.6 Å². The maximum absolute atomic E-state index is 12.8. The second-order valence-electron chi connectivity index (χ2n) is 6.95. The Balaban J connectivity index is 2.16. The number of para-hydroxylation sites is 1. The van der Waals surface area contributed by atoms with Gasteiger partial charge in [0.25, 0.3) is 11.8 Å². The normalized spacial score (nSPS) is 11.8. The molecule has 1 unspecified atom stereocenters. The number of hydrogen-bond donors (Lipinski definition) is 2. The van der Waals surface area contributed by atoms with Gasteiger partial charge < -0.3 is 15.4 Å². The van der Waals surface area contributed by atoms with Crippen LogP contribution in [-0.2, 0) is 4.79 Å². The lowest BCUT2D eigenvalue weighted by atomic mass is 10.1. The van der Waals surface area contributed by atoms with Crippen LogP contribution in [-0.4, -0.2) is 24.0 Å². The van der Waals surface area contributed by atoms with Gasteiger partial charge in [0.1, 0.15) is 5.75 Å². The van der Waals surface area contributed by atoms with Crippen LogP contribution in [0.5, 0.6) is 5.75 Å². The Morgan fingerprint density at radius 1 is 1.07 bits per heavy atom. The highest BCUT2D eigenvalue weighted by molar-refractivity contribution is 6.04. The van der Waals surface area contributed by atoms with E-state index in [4.69, 9.17) is 4.74 Å². The first kappa shape index (κ1) is 20.5.